The smallest absolute Gasteiger partial charge is 0.0610 e. The number of aliphatic hydroxyl groups is 1. The van der Waals surface area contributed by atoms with Crippen LogP contribution in [0.2, 0.25) is 0 Å². The first kappa shape index (κ1) is 15.9. The van der Waals surface area contributed by atoms with Crippen molar-refractivity contribution in [2.75, 3.05) is 19.7 Å². The molecule has 3 nitrogen and oxygen atoms in total. The van der Waals surface area contributed by atoms with E-state index in [0.717, 1.165) is 25.0 Å². The molecule has 0 bridgehead atoms. The van der Waals surface area contributed by atoms with E-state index in [9.17, 15) is 5.11 Å². The molecule has 1 fully saturated rings. The van der Waals surface area contributed by atoms with Crippen molar-refractivity contribution in [1.29, 1.82) is 0 Å². The molecule has 1 rings (SSSR count). The van der Waals surface area contributed by atoms with Crippen LogP contribution in [0.15, 0.2) is 0 Å². The Labute approximate surface area is 113 Å². The quantitative estimate of drug-likeness (QED) is 0.700. The van der Waals surface area contributed by atoms with E-state index < -0.39 is 0 Å². The van der Waals surface area contributed by atoms with Crippen LogP contribution in [0.25, 0.3) is 0 Å². The fourth-order valence-electron chi connectivity index (χ4n) is 3.27. The topological polar surface area (TPSA) is 35.5 Å². The van der Waals surface area contributed by atoms with Gasteiger partial charge < -0.3 is 10.4 Å². The van der Waals surface area contributed by atoms with Crippen LogP contribution in [0.5, 0.6) is 0 Å². The second-order valence-electron chi connectivity index (χ2n) is 6.08. The zero-order valence-electron chi connectivity index (χ0n) is 12.7. The number of likely N-dealkylation sites (N-methyl/N-ethyl adjacent to an activating group) is 1. The number of hydrogen-bond acceptors (Lipinski definition) is 3. The predicted molar refractivity (Wildman–Crippen MR) is 77.9 cm³/mol. The average molecular weight is 256 g/mol. The highest BCUT2D eigenvalue weighted by atomic mass is 16.3. The lowest BCUT2D eigenvalue weighted by molar-refractivity contribution is 0.147. The molecule has 108 valence electrons. The third kappa shape index (κ3) is 4.22. The molecule has 2 N–H and O–H groups in total. The van der Waals surface area contributed by atoms with Crippen molar-refractivity contribution in [3.8, 4) is 0 Å². The molecule has 0 amide bonds. The fourth-order valence-corrected chi connectivity index (χ4v) is 3.27. The minimum atomic E-state index is -0.0978. The van der Waals surface area contributed by atoms with E-state index in [1.807, 2.05) is 0 Å². The first-order valence-corrected chi connectivity index (χ1v) is 7.68. The highest BCUT2D eigenvalue weighted by Crippen LogP contribution is 2.26. The molecule has 18 heavy (non-hydrogen) atoms. The van der Waals surface area contributed by atoms with Gasteiger partial charge in [0.2, 0.25) is 0 Å². The maximum Gasteiger partial charge on any atom is 0.0610 e. The Hall–Kier alpha value is -0.120. The van der Waals surface area contributed by atoms with Crippen LogP contribution in [0.1, 0.15) is 59.8 Å². The SMILES string of the molecule is CCNC(C)(CO)CCCN1C(C)CCC1CC. The molecule has 0 aromatic rings. The number of hydrogen-bond donors (Lipinski definition) is 2. The summed E-state index contributed by atoms with van der Waals surface area (Å²) >= 11 is 0. The Kier molecular flexibility index (Phi) is 6.61. The molecular formula is C15H32N2O. The van der Waals surface area contributed by atoms with Crippen LogP contribution < -0.4 is 5.32 Å². The summed E-state index contributed by atoms with van der Waals surface area (Å²) in [6, 6.07) is 1.54. The molecule has 1 aliphatic rings. The molecule has 0 spiro atoms. The number of rotatable bonds is 8. The number of nitrogens with zero attached hydrogens (tertiary/aromatic N) is 1. The molecule has 3 heteroatoms. The van der Waals surface area contributed by atoms with Crippen LogP contribution in [0, 0.1) is 0 Å². The summed E-state index contributed by atoms with van der Waals surface area (Å²) in [4.78, 5) is 2.67. The summed E-state index contributed by atoms with van der Waals surface area (Å²) in [7, 11) is 0. The van der Waals surface area contributed by atoms with E-state index in [4.69, 9.17) is 0 Å². The van der Waals surface area contributed by atoms with E-state index in [0.29, 0.717) is 0 Å². The minimum Gasteiger partial charge on any atom is -0.394 e. The summed E-state index contributed by atoms with van der Waals surface area (Å²) in [5.41, 5.74) is -0.0978. The summed E-state index contributed by atoms with van der Waals surface area (Å²) in [6.07, 6.45) is 6.21. The lowest BCUT2D eigenvalue weighted by atomic mass is 9.96. The van der Waals surface area contributed by atoms with Crippen molar-refractivity contribution in [3.05, 3.63) is 0 Å². The van der Waals surface area contributed by atoms with Gasteiger partial charge in [0.15, 0.2) is 0 Å². The van der Waals surface area contributed by atoms with Crippen molar-refractivity contribution in [2.24, 2.45) is 0 Å². The second kappa shape index (κ2) is 7.46. The third-order valence-electron chi connectivity index (χ3n) is 4.52. The van der Waals surface area contributed by atoms with Crippen LogP contribution in [-0.4, -0.2) is 47.3 Å². The summed E-state index contributed by atoms with van der Waals surface area (Å²) in [6.45, 7) is 11.2. The average Bonchev–Trinajstić information content (AvgIpc) is 2.71. The van der Waals surface area contributed by atoms with Gasteiger partial charge in [0, 0.05) is 17.6 Å². The zero-order valence-corrected chi connectivity index (χ0v) is 12.7. The molecule has 1 heterocycles. The van der Waals surface area contributed by atoms with E-state index >= 15 is 0 Å². The molecule has 0 aromatic heterocycles. The van der Waals surface area contributed by atoms with Gasteiger partial charge in [-0.15, -0.1) is 0 Å². The van der Waals surface area contributed by atoms with Gasteiger partial charge >= 0.3 is 0 Å². The maximum atomic E-state index is 9.48. The fraction of sp³-hybridized carbons (Fsp3) is 1.00. The Morgan fingerprint density at radius 2 is 2.06 bits per heavy atom. The highest BCUT2D eigenvalue weighted by Gasteiger charge is 2.29. The van der Waals surface area contributed by atoms with Gasteiger partial charge in [-0.1, -0.05) is 13.8 Å². The van der Waals surface area contributed by atoms with Gasteiger partial charge in [0.05, 0.1) is 6.61 Å². The molecule has 3 atom stereocenters. The van der Waals surface area contributed by atoms with Crippen LogP contribution in [-0.2, 0) is 0 Å². The molecule has 0 aromatic carbocycles. The Balaban J connectivity index is 2.35. The van der Waals surface area contributed by atoms with Gasteiger partial charge in [0.25, 0.3) is 0 Å². The van der Waals surface area contributed by atoms with Gasteiger partial charge in [-0.3, -0.25) is 4.90 Å². The molecule has 0 saturated carbocycles. The van der Waals surface area contributed by atoms with Crippen LogP contribution >= 0.6 is 0 Å². The minimum absolute atomic E-state index is 0.0978. The largest absolute Gasteiger partial charge is 0.394 e. The van der Waals surface area contributed by atoms with E-state index in [-0.39, 0.29) is 12.1 Å². The first-order valence-electron chi connectivity index (χ1n) is 7.68. The normalized spacial score (nSPS) is 28.5. The summed E-state index contributed by atoms with van der Waals surface area (Å²) in [5.74, 6) is 0. The van der Waals surface area contributed by atoms with E-state index in [2.05, 4.69) is 37.9 Å². The van der Waals surface area contributed by atoms with Crippen molar-refractivity contribution < 1.29 is 5.11 Å². The Morgan fingerprint density at radius 1 is 1.33 bits per heavy atom. The maximum absolute atomic E-state index is 9.48. The van der Waals surface area contributed by atoms with Gasteiger partial charge in [-0.05, 0) is 59.0 Å². The highest BCUT2D eigenvalue weighted by molar-refractivity contribution is 4.86. The van der Waals surface area contributed by atoms with Gasteiger partial charge in [0.1, 0.15) is 0 Å². The van der Waals surface area contributed by atoms with Crippen molar-refractivity contribution in [3.63, 3.8) is 0 Å². The van der Waals surface area contributed by atoms with E-state index in [1.165, 1.54) is 32.2 Å². The molecular weight excluding hydrogens is 224 g/mol. The Bertz CT molecular complexity index is 235. The van der Waals surface area contributed by atoms with Crippen LogP contribution in [0.3, 0.4) is 0 Å². The lowest BCUT2D eigenvalue weighted by Gasteiger charge is -2.32. The predicted octanol–water partition coefficient (Wildman–Crippen LogP) is 2.39. The van der Waals surface area contributed by atoms with Crippen molar-refractivity contribution >= 4 is 0 Å². The number of nitrogens with one attached hydrogen (secondary N) is 1. The van der Waals surface area contributed by atoms with Gasteiger partial charge in [-0.25, -0.2) is 0 Å². The van der Waals surface area contributed by atoms with Crippen LogP contribution in [0.4, 0.5) is 0 Å². The molecule has 1 saturated heterocycles. The summed E-state index contributed by atoms with van der Waals surface area (Å²) < 4.78 is 0. The summed E-state index contributed by atoms with van der Waals surface area (Å²) in [5, 5.41) is 12.9. The second-order valence-corrected chi connectivity index (χ2v) is 6.08. The number of aliphatic hydroxyl groups excluding tert-OH is 1. The van der Waals surface area contributed by atoms with Crippen molar-refractivity contribution in [1.82, 2.24) is 10.2 Å². The zero-order chi connectivity index (χ0) is 13.6. The molecule has 0 aliphatic carbocycles. The monoisotopic (exact) mass is 256 g/mol. The van der Waals surface area contributed by atoms with Crippen molar-refractivity contribution in [2.45, 2.75) is 77.4 Å². The molecule has 1 aliphatic heterocycles. The molecule has 3 unspecified atom stereocenters. The third-order valence-corrected chi connectivity index (χ3v) is 4.52. The van der Waals surface area contributed by atoms with E-state index in [1.54, 1.807) is 0 Å². The van der Waals surface area contributed by atoms with Gasteiger partial charge in [-0.2, -0.15) is 0 Å². The Morgan fingerprint density at radius 3 is 2.61 bits per heavy atom. The first-order chi connectivity index (χ1) is 8.56. The standard InChI is InChI=1S/C15H32N2O/c1-5-14-9-8-13(3)17(14)11-7-10-15(4,12-18)16-6-2/h13-14,16,18H,5-12H2,1-4H3. The lowest BCUT2D eigenvalue weighted by Crippen LogP contribution is -2.46. The number of likely N-dealkylation sites (tertiary alicyclic amines) is 1. The molecule has 0 radical (unpaired) electrons.